The lowest BCUT2D eigenvalue weighted by molar-refractivity contribution is 0.0979. The van der Waals surface area contributed by atoms with Crippen LogP contribution in [0.4, 0.5) is 0 Å². The van der Waals surface area contributed by atoms with Crippen molar-refractivity contribution in [3.05, 3.63) is 21.3 Å². The molecular formula is C10H13ClOS. The fourth-order valence-electron chi connectivity index (χ4n) is 1.03. The summed E-state index contributed by atoms with van der Waals surface area (Å²) in [6.07, 6.45) is 1.55. The fraction of sp³-hybridized carbons (Fsp3) is 0.500. The van der Waals surface area contributed by atoms with Crippen molar-refractivity contribution in [2.75, 3.05) is 0 Å². The van der Waals surface area contributed by atoms with E-state index in [2.05, 4.69) is 13.8 Å². The maximum atomic E-state index is 11.6. The van der Waals surface area contributed by atoms with Crippen LogP contribution in [0.3, 0.4) is 0 Å². The smallest absolute Gasteiger partial charge is 0.174 e. The maximum Gasteiger partial charge on any atom is 0.174 e. The Kier molecular flexibility index (Phi) is 3.94. The molecule has 0 saturated heterocycles. The standard InChI is InChI=1S/C10H13ClOS/c1-7(2)3-4-9(12)10-8(11)5-6-13-10/h5-7H,3-4H2,1-2H3. The second kappa shape index (κ2) is 4.77. The zero-order chi connectivity index (χ0) is 9.84. The molecule has 0 N–H and O–H groups in total. The summed E-state index contributed by atoms with van der Waals surface area (Å²) < 4.78 is 0. The maximum absolute atomic E-state index is 11.6. The van der Waals surface area contributed by atoms with Crippen LogP contribution in [0.1, 0.15) is 36.4 Å². The molecule has 0 unspecified atom stereocenters. The largest absolute Gasteiger partial charge is 0.293 e. The Labute approximate surface area is 87.7 Å². The molecule has 0 fully saturated rings. The Morgan fingerprint density at radius 3 is 2.77 bits per heavy atom. The molecule has 0 atom stereocenters. The highest BCUT2D eigenvalue weighted by molar-refractivity contribution is 7.12. The number of thiophene rings is 1. The highest BCUT2D eigenvalue weighted by Gasteiger charge is 2.11. The van der Waals surface area contributed by atoms with Crippen molar-refractivity contribution in [1.82, 2.24) is 0 Å². The van der Waals surface area contributed by atoms with Gasteiger partial charge in [0.1, 0.15) is 0 Å². The van der Waals surface area contributed by atoms with E-state index in [1.165, 1.54) is 11.3 Å². The van der Waals surface area contributed by atoms with E-state index in [1.54, 1.807) is 6.07 Å². The van der Waals surface area contributed by atoms with Crippen LogP contribution in [0.25, 0.3) is 0 Å². The molecule has 3 heteroatoms. The van der Waals surface area contributed by atoms with Crippen molar-refractivity contribution in [2.24, 2.45) is 5.92 Å². The molecule has 0 bridgehead atoms. The quantitative estimate of drug-likeness (QED) is 0.695. The van der Waals surface area contributed by atoms with Gasteiger partial charge in [0.15, 0.2) is 5.78 Å². The summed E-state index contributed by atoms with van der Waals surface area (Å²) in [7, 11) is 0. The predicted octanol–water partition coefficient (Wildman–Crippen LogP) is 4.02. The second-order valence-electron chi connectivity index (χ2n) is 3.45. The summed E-state index contributed by atoms with van der Waals surface area (Å²) in [5.41, 5.74) is 0. The van der Waals surface area contributed by atoms with Crippen LogP contribution in [-0.4, -0.2) is 5.78 Å². The van der Waals surface area contributed by atoms with Crippen molar-refractivity contribution in [1.29, 1.82) is 0 Å². The summed E-state index contributed by atoms with van der Waals surface area (Å²) in [6.45, 7) is 4.23. The number of carbonyl (C=O) groups is 1. The monoisotopic (exact) mass is 216 g/mol. The van der Waals surface area contributed by atoms with Crippen molar-refractivity contribution in [2.45, 2.75) is 26.7 Å². The van der Waals surface area contributed by atoms with Crippen molar-refractivity contribution < 1.29 is 4.79 Å². The minimum absolute atomic E-state index is 0.175. The van der Waals surface area contributed by atoms with Crippen LogP contribution in [0.15, 0.2) is 11.4 Å². The highest BCUT2D eigenvalue weighted by Crippen LogP contribution is 2.24. The molecule has 1 rings (SSSR count). The Bertz CT molecular complexity index is 291. The van der Waals surface area contributed by atoms with Gasteiger partial charge in [0.25, 0.3) is 0 Å². The van der Waals surface area contributed by atoms with Crippen LogP contribution in [-0.2, 0) is 0 Å². The van der Waals surface area contributed by atoms with Gasteiger partial charge in [-0.05, 0) is 23.8 Å². The van der Waals surface area contributed by atoms with E-state index in [0.29, 0.717) is 22.2 Å². The minimum Gasteiger partial charge on any atom is -0.293 e. The molecule has 72 valence electrons. The van der Waals surface area contributed by atoms with Gasteiger partial charge >= 0.3 is 0 Å². The first-order valence-electron chi connectivity index (χ1n) is 4.37. The first-order valence-corrected chi connectivity index (χ1v) is 5.63. The first kappa shape index (κ1) is 10.7. The van der Waals surface area contributed by atoms with Gasteiger partial charge < -0.3 is 0 Å². The van der Waals surface area contributed by atoms with Gasteiger partial charge in [-0.25, -0.2) is 0 Å². The number of halogens is 1. The lowest BCUT2D eigenvalue weighted by Crippen LogP contribution is -1.99. The molecule has 0 aliphatic carbocycles. The van der Waals surface area contributed by atoms with E-state index >= 15 is 0 Å². The van der Waals surface area contributed by atoms with Crippen molar-refractivity contribution >= 4 is 28.7 Å². The molecule has 1 aromatic rings. The molecule has 0 aliphatic rings. The van der Waals surface area contributed by atoms with Gasteiger partial charge in [-0.2, -0.15) is 0 Å². The lowest BCUT2D eigenvalue weighted by Gasteiger charge is -2.02. The van der Waals surface area contributed by atoms with E-state index in [0.717, 1.165) is 6.42 Å². The van der Waals surface area contributed by atoms with Crippen LogP contribution in [0.5, 0.6) is 0 Å². The zero-order valence-corrected chi connectivity index (χ0v) is 9.41. The molecule has 13 heavy (non-hydrogen) atoms. The van der Waals surface area contributed by atoms with Crippen molar-refractivity contribution in [3.63, 3.8) is 0 Å². The van der Waals surface area contributed by atoms with E-state index in [1.807, 2.05) is 5.38 Å². The molecule has 0 amide bonds. The Morgan fingerprint density at radius 2 is 2.31 bits per heavy atom. The Hall–Kier alpha value is -0.340. The number of carbonyl (C=O) groups excluding carboxylic acids is 1. The molecule has 0 radical (unpaired) electrons. The zero-order valence-electron chi connectivity index (χ0n) is 7.84. The van der Waals surface area contributed by atoms with E-state index < -0.39 is 0 Å². The second-order valence-corrected chi connectivity index (χ2v) is 4.78. The third kappa shape index (κ3) is 3.12. The number of Topliss-reactive ketones (excluding diaryl/α,β-unsaturated/α-hetero) is 1. The van der Waals surface area contributed by atoms with E-state index in [9.17, 15) is 4.79 Å². The summed E-state index contributed by atoms with van der Waals surface area (Å²) in [5, 5.41) is 2.45. The molecule has 0 aliphatic heterocycles. The summed E-state index contributed by atoms with van der Waals surface area (Å²) in [4.78, 5) is 12.3. The Balaban J connectivity index is 2.54. The third-order valence-electron chi connectivity index (χ3n) is 1.82. The average Bonchev–Trinajstić information content (AvgIpc) is 2.47. The third-order valence-corrected chi connectivity index (χ3v) is 3.20. The minimum atomic E-state index is 0.175. The van der Waals surface area contributed by atoms with E-state index in [4.69, 9.17) is 11.6 Å². The SMILES string of the molecule is CC(C)CCC(=O)c1sccc1Cl. The fourth-order valence-corrected chi connectivity index (χ4v) is 2.16. The number of ketones is 1. The molecule has 0 spiro atoms. The van der Waals surface area contributed by atoms with Crippen LogP contribution in [0.2, 0.25) is 5.02 Å². The highest BCUT2D eigenvalue weighted by atomic mass is 35.5. The first-order chi connectivity index (χ1) is 6.11. The van der Waals surface area contributed by atoms with Gasteiger partial charge in [-0.1, -0.05) is 25.4 Å². The Morgan fingerprint density at radius 1 is 1.62 bits per heavy atom. The lowest BCUT2D eigenvalue weighted by atomic mass is 10.1. The van der Waals surface area contributed by atoms with Crippen LogP contribution < -0.4 is 0 Å². The summed E-state index contributed by atoms with van der Waals surface area (Å²) >= 11 is 7.27. The molecular weight excluding hydrogens is 204 g/mol. The molecule has 1 nitrogen and oxygen atoms in total. The average molecular weight is 217 g/mol. The number of rotatable bonds is 4. The van der Waals surface area contributed by atoms with Gasteiger partial charge in [0.2, 0.25) is 0 Å². The normalized spacial score (nSPS) is 10.8. The van der Waals surface area contributed by atoms with Gasteiger partial charge in [-0.15, -0.1) is 11.3 Å². The topological polar surface area (TPSA) is 17.1 Å². The molecule has 1 aromatic heterocycles. The van der Waals surface area contributed by atoms with E-state index in [-0.39, 0.29) is 5.78 Å². The van der Waals surface area contributed by atoms with Crippen molar-refractivity contribution in [3.8, 4) is 0 Å². The van der Waals surface area contributed by atoms with Crippen LogP contribution in [0, 0.1) is 5.92 Å². The van der Waals surface area contributed by atoms with Gasteiger partial charge in [0.05, 0.1) is 9.90 Å². The number of hydrogen-bond acceptors (Lipinski definition) is 2. The summed E-state index contributed by atoms with van der Waals surface area (Å²) in [5.74, 6) is 0.747. The molecule has 0 saturated carbocycles. The summed E-state index contributed by atoms with van der Waals surface area (Å²) in [6, 6.07) is 1.77. The van der Waals surface area contributed by atoms with Crippen LogP contribution >= 0.6 is 22.9 Å². The van der Waals surface area contributed by atoms with Gasteiger partial charge in [0, 0.05) is 6.42 Å². The predicted molar refractivity (Wildman–Crippen MR) is 57.7 cm³/mol. The number of hydrogen-bond donors (Lipinski definition) is 0. The molecule has 0 aromatic carbocycles. The van der Waals surface area contributed by atoms with Gasteiger partial charge in [-0.3, -0.25) is 4.79 Å². The molecule has 1 heterocycles.